The van der Waals surface area contributed by atoms with E-state index in [1.165, 1.54) is 25.7 Å². The van der Waals surface area contributed by atoms with Gasteiger partial charge in [0.05, 0.1) is 0 Å². The molecule has 0 bridgehead atoms. The number of amides is 1. The summed E-state index contributed by atoms with van der Waals surface area (Å²) < 4.78 is 1.68. The highest BCUT2D eigenvalue weighted by Crippen LogP contribution is 2.29. The third kappa shape index (κ3) is 3.43. The Morgan fingerprint density at radius 2 is 2.09 bits per heavy atom. The van der Waals surface area contributed by atoms with Crippen molar-refractivity contribution in [2.24, 2.45) is 5.92 Å². The summed E-state index contributed by atoms with van der Waals surface area (Å²) in [5.74, 6) is 0.771. The lowest BCUT2D eigenvalue weighted by Gasteiger charge is -2.25. The molecule has 1 N–H and O–H groups in total. The van der Waals surface area contributed by atoms with Crippen LogP contribution in [0.15, 0.2) is 17.2 Å². The van der Waals surface area contributed by atoms with Gasteiger partial charge in [-0.15, -0.1) is 0 Å². The van der Waals surface area contributed by atoms with Gasteiger partial charge in [0.2, 0.25) is 5.91 Å². The summed E-state index contributed by atoms with van der Waals surface area (Å²) >= 11 is 0. The first-order chi connectivity index (χ1) is 10.6. The van der Waals surface area contributed by atoms with E-state index < -0.39 is 0 Å². The van der Waals surface area contributed by atoms with E-state index in [0.29, 0.717) is 30.8 Å². The van der Waals surface area contributed by atoms with Crippen LogP contribution >= 0.6 is 0 Å². The van der Waals surface area contributed by atoms with Gasteiger partial charge in [-0.05, 0) is 25.8 Å². The highest BCUT2D eigenvalue weighted by molar-refractivity contribution is 5.79. The van der Waals surface area contributed by atoms with Gasteiger partial charge in [0.25, 0.3) is 0 Å². The average molecular weight is 306 g/mol. The van der Waals surface area contributed by atoms with Crippen molar-refractivity contribution in [3.05, 3.63) is 22.9 Å². The van der Waals surface area contributed by atoms with Gasteiger partial charge >= 0.3 is 5.69 Å². The lowest BCUT2D eigenvalue weighted by atomic mass is 10.1. The fraction of sp³-hybridized carbons (Fsp3) is 0.750. The Morgan fingerprint density at radius 1 is 1.32 bits per heavy atom. The molecule has 1 aliphatic carbocycles. The summed E-state index contributed by atoms with van der Waals surface area (Å²) in [7, 11) is 2.07. The van der Waals surface area contributed by atoms with Crippen molar-refractivity contribution in [1.29, 1.82) is 0 Å². The van der Waals surface area contributed by atoms with Crippen LogP contribution in [0.2, 0.25) is 0 Å². The molecule has 1 atom stereocenters. The molecular formula is C16H26N4O2. The van der Waals surface area contributed by atoms with Gasteiger partial charge in [-0.25, -0.2) is 4.79 Å². The topological polar surface area (TPSA) is 61.3 Å². The summed E-state index contributed by atoms with van der Waals surface area (Å²) in [4.78, 5) is 30.7. The van der Waals surface area contributed by atoms with Crippen molar-refractivity contribution in [3.63, 3.8) is 0 Å². The number of likely N-dealkylation sites (N-methyl/N-ethyl adjacent to an activating group) is 1. The highest BCUT2D eigenvalue weighted by Gasteiger charge is 2.35. The van der Waals surface area contributed by atoms with Gasteiger partial charge in [0.1, 0.15) is 0 Å². The van der Waals surface area contributed by atoms with Crippen molar-refractivity contribution >= 4 is 5.91 Å². The Labute approximate surface area is 131 Å². The first-order valence-corrected chi connectivity index (χ1v) is 8.35. The van der Waals surface area contributed by atoms with Gasteiger partial charge in [0.15, 0.2) is 0 Å². The summed E-state index contributed by atoms with van der Waals surface area (Å²) in [6.07, 6.45) is 9.03. The Balaban J connectivity index is 1.46. The van der Waals surface area contributed by atoms with E-state index in [0.717, 1.165) is 19.6 Å². The zero-order chi connectivity index (χ0) is 15.5. The van der Waals surface area contributed by atoms with E-state index in [-0.39, 0.29) is 5.69 Å². The van der Waals surface area contributed by atoms with Crippen molar-refractivity contribution in [3.8, 4) is 0 Å². The molecule has 6 nitrogen and oxygen atoms in total. The van der Waals surface area contributed by atoms with Gasteiger partial charge in [-0.3, -0.25) is 9.36 Å². The molecule has 6 heteroatoms. The van der Waals surface area contributed by atoms with Crippen molar-refractivity contribution in [1.82, 2.24) is 19.4 Å². The number of nitrogens with one attached hydrogen (secondary N) is 1. The molecule has 1 aliphatic heterocycles. The monoisotopic (exact) mass is 306 g/mol. The molecular weight excluding hydrogens is 280 g/mol. The fourth-order valence-corrected chi connectivity index (χ4v) is 3.84. The minimum Gasteiger partial charge on any atom is -0.339 e. The molecule has 1 amide bonds. The maximum absolute atomic E-state index is 12.2. The molecule has 0 spiro atoms. The zero-order valence-corrected chi connectivity index (χ0v) is 13.3. The number of hydrogen-bond acceptors (Lipinski definition) is 3. The van der Waals surface area contributed by atoms with Crippen LogP contribution in [0, 0.1) is 5.92 Å². The Bertz CT molecular complexity index is 558. The molecule has 122 valence electrons. The predicted octanol–water partition coefficient (Wildman–Crippen LogP) is 0.899. The Morgan fingerprint density at radius 3 is 2.77 bits per heavy atom. The predicted molar refractivity (Wildman–Crippen MR) is 84.6 cm³/mol. The minimum atomic E-state index is -0.0585. The standard InChI is InChI=1S/C16H26N4O2/c1-18(8-9-19-7-6-17-16(19)22)11-13-10-15(21)20(12-13)14-4-2-3-5-14/h6-7,13-14H,2-5,8-12H2,1H3,(H,17,22)/t13-/m1/s1. The van der Waals surface area contributed by atoms with Crippen LogP contribution < -0.4 is 5.69 Å². The lowest BCUT2D eigenvalue weighted by molar-refractivity contribution is -0.129. The van der Waals surface area contributed by atoms with Crippen LogP contribution in [-0.4, -0.2) is 58.0 Å². The maximum atomic E-state index is 12.2. The first kappa shape index (κ1) is 15.3. The summed E-state index contributed by atoms with van der Waals surface area (Å²) in [5.41, 5.74) is -0.0585. The number of carbonyl (C=O) groups is 1. The van der Waals surface area contributed by atoms with E-state index in [4.69, 9.17) is 0 Å². The van der Waals surface area contributed by atoms with Gasteiger partial charge in [-0.2, -0.15) is 0 Å². The van der Waals surface area contributed by atoms with E-state index >= 15 is 0 Å². The maximum Gasteiger partial charge on any atom is 0.325 e. The van der Waals surface area contributed by atoms with Crippen LogP contribution in [0.3, 0.4) is 0 Å². The van der Waals surface area contributed by atoms with E-state index in [1.807, 2.05) is 0 Å². The van der Waals surface area contributed by atoms with Crippen molar-refractivity contribution < 1.29 is 4.79 Å². The van der Waals surface area contributed by atoms with E-state index in [2.05, 4.69) is 21.8 Å². The van der Waals surface area contributed by atoms with Crippen molar-refractivity contribution in [2.75, 3.05) is 26.7 Å². The third-order valence-electron chi connectivity index (χ3n) is 5.02. The van der Waals surface area contributed by atoms with Crippen LogP contribution in [0.4, 0.5) is 0 Å². The average Bonchev–Trinajstić information content (AvgIpc) is 3.18. The van der Waals surface area contributed by atoms with Crippen LogP contribution in [0.1, 0.15) is 32.1 Å². The Hall–Kier alpha value is -1.56. The number of nitrogens with zero attached hydrogens (tertiary/aromatic N) is 3. The molecule has 0 radical (unpaired) electrons. The minimum absolute atomic E-state index is 0.0585. The normalized spacial score (nSPS) is 23.1. The molecule has 1 aromatic heterocycles. The molecule has 2 heterocycles. The molecule has 0 aromatic carbocycles. The second-order valence-corrected chi connectivity index (χ2v) is 6.78. The third-order valence-corrected chi connectivity index (χ3v) is 5.02. The molecule has 1 saturated carbocycles. The zero-order valence-electron chi connectivity index (χ0n) is 13.3. The molecule has 1 aromatic rings. The number of carbonyl (C=O) groups excluding carboxylic acids is 1. The van der Waals surface area contributed by atoms with Crippen LogP contribution in [0.5, 0.6) is 0 Å². The second kappa shape index (κ2) is 6.69. The number of imidazole rings is 1. The number of likely N-dealkylation sites (tertiary alicyclic amines) is 1. The molecule has 0 unspecified atom stereocenters. The molecule has 3 rings (SSSR count). The lowest BCUT2D eigenvalue weighted by Crippen LogP contribution is -2.36. The molecule has 1 saturated heterocycles. The van der Waals surface area contributed by atoms with Gasteiger partial charge < -0.3 is 14.8 Å². The van der Waals surface area contributed by atoms with Gasteiger partial charge in [-0.1, -0.05) is 12.8 Å². The number of hydrogen-bond donors (Lipinski definition) is 1. The SMILES string of the molecule is CN(CCn1cc[nH]c1=O)C[C@H]1CC(=O)N(C2CCCC2)C1. The molecule has 22 heavy (non-hydrogen) atoms. The molecule has 2 fully saturated rings. The van der Waals surface area contributed by atoms with E-state index in [9.17, 15) is 9.59 Å². The summed E-state index contributed by atoms with van der Waals surface area (Å²) in [6, 6.07) is 0.501. The highest BCUT2D eigenvalue weighted by atomic mass is 16.2. The largest absolute Gasteiger partial charge is 0.339 e. The smallest absolute Gasteiger partial charge is 0.325 e. The number of rotatable bonds is 6. The van der Waals surface area contributed by atoms with Crippen LogP contribution in [-0.2, 0) is 11.3 Å². The number of aromatic amines is 1. The van der Waals surface area contributed by atoms with Crippen molar-refractivity contribution in [2.45, 2.75) is 44.7 Å². The van der Waals surface area contributed by atoms with Gasteiger partial charge in [0, 0.05) is 51.0 Å². The molecule has 2 aliphatic rings. The summed E-state index contributed by atoms with van der Waals surface area (Å²) in [6.45, 7) is 3.35. The summed E-state index contributed by atoms with van der Waals surface area (Å²) in [5, 5.41) is 0. The Kier molecular flexibility index (Phi) is 4.66. The first-order valence-electron chi connectivity index (χ1n) is 8.35. The second-order valence-electron chi connectivity index (χ2n) is 6.78. The quantitative estimate of drug-likeness (QED) is 0.849. The fourth-order valence-electron chi connectivity index (χ4n) is 3.84. The number of aromatic nitrogens is 2. The number of H-pyrrole nitrogens is 1. The van der Waals surface area contributed by atoms with E-state index in [1.54, 1.807) is 17.0 Å². The van der Waals surface area contributed by atoms with Crippen LogP contribution in [0.25, 0.3) is 0 Å².